The number of hydrogen-bond acceptors (Lipinski definition) is 3. The molecule has 1 heterocycles. The minimum atomic E-state index is -1.03. The van der Waals surface area contributed by atoms with Crippen molar-refractivity contribution in [2.45, 2.75) is 25.9 Å². The lowest BCUT2D eigenvalue weighted by Gasteiger charge is -2.12. The van der Waals surface area contributed by atoms with Crippen LogP contribution in [0.15, 0.2) is 66.7 Å². The van der Waals surface area contributed by atoms with Gasteiger partial charge in [-0.05, 0) is 54.8 Å². The van der Waals surface area contributed by atoms with Crippen molar-refractivity contribution in [2.75, 3.05) is 13.7 Å². The standard InChI is InChI=1S/C27H26ClFN2O3/c1-34-21-11-12-22-23(16-30-13-5-8-18-6-3-2-4-7-18)26(27(32)33)31(25(22)15-21)17-19-9-10-20(29)14-24(19)28/h2-4,6-7,9-12,14-15,30H,5,8,13,16-17H2,1H3,(H,32,33). The largest absolute Gasteiger partial charge is 0.497 e. The minimum absolute atomic E-state index is 0.180. The van der Waals surface area contributed by atoms with Gasteiger partial charge in [0.25, 0.3) is 0 Å². The lowest BCUT2D eigenvalue weighted by molar-refractivity contribution is 0.0684. The Morgan fingerprint density at radius 2 is 1.91 bits per heavy atom. The molecule has 0 saturated carbocycles. The summed E-state index contributed by atoms with van der Waals surface area (Å²) in [4.78, 5) is 12.4. The Bertz CT molecular complexity index is 1300. The van der Waals surface area contributed by atoms with Crippen LogP contribution in [0.5, 0.6) is 5.75 Å². The van der Waals surface area contributed by atoms with E-state index in [0.717, 1.165) is 30.3 Å². The molecule has 4 aromatic rings. The van der Waals surface area contributed by atoms with Gasteiger partial charge < -0.3 is 19.7 Å². The smallest absolute Gasteiger partial charge is 0.352 e. The van der Waals surface area contributed by atoms with Crippen LogP contribution in [0.25, 0.3) is 10.9 Å². The Morgan fingerprint density at radius 3 is 2.62 bits per heavy atom. The number of hydrogen-bond donors (Lipinski definition) is 2. The number of carboxylic acid groups (broad SMARTS) is 1. The van der Waals surface area contributed by atoms with E-state index in [2.05, 4.69) is 17.4 Å². The molecule has 0 spiro atoms. The van der Waals surface area contributed by atoms with Gasteiger partial charge in [0.1, 0.15) is 17.3 Å². The van der Waals surface area contributed by atoms with Crippen LogP contribution in [0.4, 0.5) is 4.39 Å². The highest BCUT2D eigenvalue weighted by Crippen LogP contribution is 2.31. The number of fused-ring (bicyclic) bond motifs is 1. The molecule has 0 fully saturated rings. The number of carbonyl (C=O) groups is 1. The molecular formula is C27H26ClFN2O3. The summed E-state index contributed by atoms with van der Waals surface area (Å²) in [6, 6.07) is 19.9. The Morgan fingerprint density at radius 1 is 1.12 bits per heavy atom. The van der Waals surface area contributed by atoms with Crippen LogP contribution in [-0.2, 0) is 19.5 Å². The van der Waals surface area contributed by atoms with Gasteiger partial charge in [0.2, 0.25) is 0 Å². The number of nitrogens with zero attached hydrogens (tertiary/aromatic N) is 1. The van der Waals surface area contributed by atoms with Gasteiger partial charge in [-0.2, -0.15) is 0 Å². The molecule has 5 nitrogen and oxygen atoms in total. The first kappa shape index (κ1) is 23.8. The zero-order valence-corrected chi connectivity index (χ0v) is 19.6. The van der Waals surface area contributed by atoms with Crippen molar-refractivity contribution in [3.05, 3.63) is 100.0 Å². The van der Waals surface area contributed by atoms with E-state index in [4.69, 9.17) is 16.3 Å². The van der Waals surface area contributed by atoms with Crippen LogP contribution in [-0.4, -0.2) is 29.3 Å². The normalized spacial score (nSPS) is 11.1. The SMILES string of the molecule is COc1ccc2c(CNCCCc3ccccc3)c(C(=O)O)n(Cc3ccc(F)cc3Cl)c2c1. The quantitative estimate of drug-likeness (QED) is 0.277. The topological polar surface area (TPSA) is 63.5 Å². The number of rotatable bonds is 10. The maximum atomic E-state index is 13.6. The van der Waals surface area contributed by atoms with E-state index in [-0.39, 0.29) is 17.3 Å². The predicted octanol–water partition coefficient (Wildman–Crippen LogP) is 5.91. The number of halogens is 2. The molecule has 0 aliphatic heterocycles. The fourth-order valence-electron chi connectivity index (χ4n) is 4.21. The van der Waals surface area contributed by atoms with Gasteiger partial charge in [0.05, 0.1) is 12.6 Å². The molecule has 1 aromatic heterocycles. The van der Waals surface area contributed by atoms with E-state index in [1.807, 2.05) is 36.4 Å². The molecule has 7 heteroatoms. The Hall–Kier alpha value is -3.35. The number of methoxy groups -OCH3 is 1. The molecule has 0 atom stereocenters. The Balaban J connectivity index is 1.63. The third kappa shape index (κ3) is 5.24. The Labute approximate surface area is 202 Å². The van der Waals surface area contributed by atoms with Crippen LogP contribution in [0.3, 0.4) is 0 Å². The lowest BCUT2D eigenvalue weighted by Crippen LogP contribution is -2.18. The van der Waals surface area contributed by atoms with E-state index < -0.39 is 11.8 Å². The van der Waals surface area contributed by atoms with Crippen LogP contribution in [0.1, 0.15) is 33.6 Å². The summed E-state index contributed by atoms with van der Waals surface area (Å²) in [6.45, 7) is 1.35. The summed E-state index contributed by atoms with van der Waals surface area (Å²) in [5, 5.41) is 14.6. The van der Waals surface area contributed by atoms with Crippen LogP contribution >= 0.6 is 11.6 Å². The van der Waals surface area contributed by atoms with Crippen molar-refractivity contribution in [3.63, 3.8) is 0 Å². The van der Waals surface area contributed by atoms with Crippen molar-refractivity contribution in [3.8, 4) is 5.75 Å². The van der Waals surface area contributed by atoms with Gasteiger partial charge in [0.15, 0.2) is 0 Å². The first-order valence-electron chi connectivity index (χ1n) is 11.1. The van der Waals surface area contributed by atoms with Crippen molar-refractivity contribution in [1.82, 2.24) is 9.88 Å². The third-order valence-corrected chi connectivity index (χ3v) is 6.24. The van der Waals surface area contributed by atoms with Crippen LogP contribution in [0.2, 0.25) is 5.02 Å². The number of aryl methyl sites for hydroxylation is 1. The highest BCUT2D eigenvalue weighted by Gasteiger charge is 2.23. The monoisotopic (exact) mass is 480 g/mol. The predicted molar refractivity (Wildman–Crippen MR) is 132 cm³/mol. The molecular weight excluding hydrogens is 455 g/mol. The maximum Gasteiger partial charge on any atom is 0.352 e. The van der Waals surface area contributed by atoms with Gasteiger partial charge in [-0.25, -0.2) is 9.18 Å². The summed E-state index contributed by atoms with van der Waals surface area (Å²) in [5.41, 5.74) is 3.50. The zero-order valence-electron chi connectivity index (χ0n) is 18.9. The lowest BCUT2D eigenvalue weighted by atomic mass is 10.1. The second-order valence-electron chi connectivity index (χ2n) is 8.10. The first-order valence-corrected chi connectivity index (χ1v) is 11.5. The van der Waals surface area contributed by atoms with Gasteiger partial charge in [-0.15, -0.1) is 0 Å². The number of carboxylic acids is 1. The van der Waals surface area contributed by atoms with Gasteiger partial charge >= 0.3 is 5.97 Å². The van der Waals surface area contributed by atoms with Gasteiger partial charge in [0, 0.05) is 35.1 Å². The molecule has 34 heavy (non-hydrogen) atoms. The van der Waals surface area contributed by atoms with Gasteiger partial charge in [-0.1, -0.05) is 48.0 Å². The van der Waals surface area contributed by atoms with E-state index >= 15 is 0 Å². The molecule has 4 rings (SSSR count). The third-order valence-electron chi connectivity index (χ3n) is 5.89. The van der Waals surface area contributed by atoms with E-state index in [0.29, 0.717) is 23.4 Å². The number of aromatic carboxylic acids is 1. The molecule has 0 saturated heterocycles. The fourth-order valence-corrected chi connectivity index (χ4v) is 4.44. The van der Waals surface area contributed by atoms with E-state index in [1.54, 1.807) is 17.7 Å². The van der Waals surface area contributed by atoms with Crippen LogP contribution < -0.4 is 10.1 Å². The Kier molecular flexibility index (Phi) is 7.50. The van der Waals surface area contributed by atoms with Crippen molar-refractivity contribution in [2.24, 2.45) is 0 Å². The summed E-state index contributed by atoms with van der Waals surface area (Å²) < 4.78 is 20.6. The number of aromatic nitrogens is 1. The summed E-state index contributed by atoms with van der Waals surface area (Å²) in [6.07, 6.45) is 1.88. The average molecular weight is 481 g/mol. The molecule has 0 unspecified atom stereocenters. The molecule has 3 aromatic carbocycles. The van der Waals surface area contributed by atoms with Crippen LogP contribution in [0, 0.1) is 5.82 Å². The van der Waals surface area contributed by atoms with E-state index in [1.165, 1.54) is 17.7 Å². The highest BCUT2D eigenvalue weighted by molar-refractivity contribution is 6.31. The van der Waals surface area contributed by atoms with Crippen molar-refractivity contribution in [1.29, 1.82) is 0 Å². The molecule has 0 bridgehead atoms. The summed E-state index contributed by atoms with van der Waals surface area (Å²) >= 11 is 6.26. The summed E-state index contributed by atoms with van der Waals surface area (Å²) in [7, 11) is 1.57. The summed E-state index contributed by atoms with van der Waals surface area (Å²) in [5.74, 6) is -0.850. The molecule has 0 radical (unpaired) electrons. The molecule has 0 aliphatic rings. The zero-order chi connectivity index (χ0) is 24.1. The van der Waals surface area contributed by atoms with Gasteiger partial charge in [-0.3, -0.25) is 0 Å². The number of ether oxygens (including phenoxy) is 1. The fraction of sp³-hybridized carbons (Fsp3) is 0.222. The average Bonchev–Trinajstić information content (AvgIpc) is 3.14. The van der Waals surface area contributed by atoms with Crippen molar-refractivity contribution < 1.29 is 19.0 Å². The molecule has 2 N–H and O–H groups in total. The first-order chi connectivity index (χ1) is 16.5. The van der Waals surface area contributed by atoms with Crippen molar-refractivity contribution >= 4 is 28.5 Å². The number of benzene rings is 3. The minimum Gasteiger partial charge on any atom is -0.497 e. The molecule has 0 amide bonds. The maximum absolute atomic E-state index is 13.6. The second-order valence-corrected chi connectivity index (χ2v) is 8.51. The molecule has 0 aliphatic carbocycles. The highest BCUT2D eigenvalue weighted by atomic mass is 35.5. The molecule has 176 valence electrons. The van der Waals surface area contributed by atoms with E-state index in [9.17, 15) is 14.3 Å². The second kappa shape index (κ2) is 10.7. The number of nitrogens with one attached hydrogen (secondary N) is 1.